The lowest BCUT2D eigenvalue weighted by molar-refractivity contribution is -0.142. The largest absolute Gasteiger partial charge is 0.481 e. The van der Waals surface area contributed by atoms with Crippen LogP contribution in [0.1, 0.15) is 25.7 Å². The molecule has 2 N–H and O–H groups in total. The van der Waals surface area contributed by atoms with E-state index in [9.17, 15) is 19.5 Å². The molecule has 3 rings (SSSR count). The summed E-state index contributed by atoms with van der Waals surface area (Å²) < 4.78 is 0. The highest BCUT2D eigenvalue weighted by Gasteiger charge is 2.39. The summed E-state index contributed by atoms with van der Waals surface area (Å²) in [5.74, 6) is -2.21. The smallest absolute Gasteiger partial charge is 0.308 e. The fourth-order valence-electron chi connectivity index (χ4n) is 3.48. The Morgan fingerprint density at radius 2 is 1.92 bits per heavy atom. The van der Waals surface area contributed by atoms with Gasteiger partial charge in [-0.3, -0.25) is 14.4 Å². The molecular weight excluding hydrogens is 332 g/mol. The molecule has 7 heteroatoms. The minimum Gasteiger partial charge on any atom is -0.481 e. The summed E-state index contributed by atoms with van der Waals surface area (Å²) in [5.41, 5.74) is 0.712. The number of carbonyl (C=O) groups excluding carboxylic acids is 2. The summed E-state index contributed by atoms with van der Waals surface area (Å²) >= 11 is 5.85. The summed E-state index contributed by atoms with van der Waals surface area (Å²) in [5, 5.41) is 12.6. The molecule has 24 heavy (non-hydrogen) atoms. The van der Waals surface area contributed by atoms with E-state index in [0.29, 0.717) is 30.1 Å². The number of hydrogen-bond acceptors (Lipinski definition) is 3. The van der Waals surface area contributed by atoms with Crippen molar-refractivity contribution in [1.29, 1.82) is 0 Å². The number of benzene rings is 1. The Bertz CT molecular complexity index is 661. The van der Waals surface area contributed by atoms with Crippen LogP contribution in [0.25, 0.3) is 0 Å². The van der Waals surface area contributed by atoms with Gasteiger partial charge >= 0.3 is 5.97 Å². The predicted molar refractivity (Wildman–Crippen MR) is 88.8 cm³/mol. The SMILES string of the molecule is O=C(N[C@H]1CCC[C@H]1C(=O)O)C1CC(=O)N(c2ccc(Cl)cc2)C1. The highest BCUT2D eigenvalue weighted by atomic mass is 35.5. The molecule has 1 aliphatic heterocycles. The van der Waals surface area contributed by atoms with Crippen LogP contribution in [0.2, 0.25) is 5.02 Å². The molecule has 0 radical (unpaired) electrons. The van der Waals surface area contributed by atoms with Crippen molar-refractivity contribution >= 4 is 35.1 Å². The van der Waals surface area contributed by atoms with Gasteiger partial charge in [0.15, 0.2) is 0 Å². The number of carbonyl (C=O) groups is 3. The molecule has 1 heterocycles. The van der Waals surface area contributed by atoms with E-state index in [-0.39, 0.29) is 24.3 Å². The summed E-state index contributed by atoms with van der Waals surface area (Å²) in [4.78, 5) is 37.4. The Morgan fingerprint density at radius 1 is 1.21 bits per heavy atom. The van der Waals surface area contributed by atoms with E-state index < -0.39 is 17.8 Å². The Balaban J connectivity index is 1.64. The first-order chi connectivity index (χ1) is 11.5. The summed E-state index contributed by atoms with van der Waals surface area (Å²) in [7, 11) is 0. The van der Waals surface area contributed by atoms with Crippen LogP contribution >= 0.6 is 11.6 Å². The highest BCUT2D eigenvalue weighted by Crippen LogP contribution is 2.29. The normalized spacial score (nSPS) is 26.6. The molecule has 0 bridgehead atoms. The molecule has 2 aliphatic rings. The number of rotatable bonds is 4. The highest BCUT2D eigenvalue weighted by molar-refractivity contribution is 6.30. The molecule has 0 aromatic heterocycles. The van der Waals surface area contributed by atoms with Crippen molar-refractivity contribution < 1.29 is 19.5 Å². The molecule has 3 atom stereocenters. The molecule has 1 aliphatic carbocycles. The van der Waals surface area contributed by atoms with Gasteiger partial charge in [-0.1, -0.05) is 18.0 Å². The molecule has 1 unspecified atom stereocenters. The van der Waals surface area contributed by atoms with Crippen molar-refractivity contribution in [2.24, 2.45) is 11.8 Å². The van der Waals surface area contributed by atoms with E-state index in [1.54, 1.807) is 29.2 Å². The zero-order valence-electron chi connectivity index (χ0n) is 13.1. The molecule has 128 valence electrons. The first-order valence-corrected chi connectivity index (χ1v) is 8.42. The topological polar surface area (TPSA) is 86.7 Å². The van der Waals surface area contributed by atoms with Gasteiger partial charge in [0.1, 0.15) is 0 Å². The lowest BCUT2D eigenvalue weighted by Crippen LogP contribution is -2.43. The second kappa shape index (κ2) is 6.81. The number of nitrogens with zero attached hydrogens (tertiary/aromatic N) is 1. The van der Waals surface area contributed by atoms with Gasteiger partial charge in [-0.05, 0) is 37.1 Å². The number of carboxylic acid groups (broad SMARTS) is 1. The molecule has 2 fully saturated rings. The molecule has 1 aromatic carbocycles. The Kier molecular flexibility index (Phi) is 4.76. The third kappa shape index (κ3) is 3.38. The number of hydrogen-bond donors (Lipinski definition) is 2. The number of halogens is 1. The summed E-state index contributed by atoms with van der Waals surface area (Å²) in [6.07, 6.45) is 2.19. The average Bonchev–Trinajstić information content (AvgIpc) is 3.15. The number of nitrogens with one attached hydrogen (secondary N) is 1. The van der Waals surface area contributed by atoms with Crippen LogP contribution < -0.4 is 10.2 Å². The second-order valence-electron chi connectivity index (χ2n) is 6.37. The second-order valence-corrected chi connectivity index (χ2v) is 6.81. The maximum Gasteiger partial charge on any atom is 0.308 e. The van der Waals surface area contributed by atoms with Crippen molar-refractivity contribution in [2.45, 2.75) is 31.7 Å². The van der Waals surface area contributed by atoms with Crippen LogP contribution in [-0.2, 0) is 14.4 Å². The van der Waals surface area contributed by atoms with Crippen LogP contribution in [0.15, 0.2) is 24.3 Å². The standard InChI is InChI=1S/C17H19ClN2O4/c18-11-4-6-12(7-5-11)20-9-10(8-15(20)21)16(22)19-14-3-1-2-13(14)17(23)24/h4-7,10,13-14H,1-3,8-9H2,(H,19,22)(H,23,24)/t10?,13-,14+/m1/s1. The van der Waals surface area contributed by atoms with E-state index in [4.69, 9.17) is 11.6 Å². The van der Waals surface area contributed by atoms with Gasteiger partial charge in [-0.15, -0.1) is 0 Å². The zero-order valence-corrected chi connectivity index (χ0v) is 13.8. The molecule has 1 aromatic rings. The Hall–Kier alpha value is -2.08. The van der Waals surface area contributed by atoms with Gasteiger partial charge in [0.2, 0.25) is 11.8 Å². The predicted octanol–water partition coefficient (Wildman–Crippen LogP) is 2.06. The average molecular weight is 351 g/mol. The van der Waals surface area contributed by atoms with Crippen LogP contribution in [0, 0.1) is 11.8 Å². The fraction of sp³-hybridized carbons (Fsp3) is 0.471. The van der Waals surface area contributed by atoms with Gasteiger partial charge in [0.05, 0.1) is 11.8 Å². The minimum atomic E-state index is -0.872. The number of aliphatic carboxylic acids is 1. The molecule has 1 saturated carbocycles. The number of amides is 2. The third-order valence-electron chi connectivity index (χ3n) is 4.79. The zero-order chi connectivity index (χ0) is 17.3. The first-order valence-electron chi connectivity index (χ1n) is 8.05. The van der Waals surface area contributed by atoms with Crippen molar-refractivity contribution in [2.75, 3.05) is 11.4 Å². The van der Waals surface area contributed by atoms with E-state index in [0.717, 1.165) is 6.42 Å². The third-order valence-corrected chi connectivity index (χ3v) is 5.05. The van der Waals surface area contributed by atoms with Gasteiger partial charge in [-0.25, -0.2) is 0 Å². The van der Waals surface area contributed by atoms with Gasteiger partial charge < -0.3 is 15.3 Å². The molecule has 1 saturated heterocycles. The maximum atomic E-state index is 12.4. The van der Waals surface area contributed by atoms with Crippen molar-refractivity contribution in [3.63, 3.8) is 0 Å². The molecule has 0 spiro atoms. The Labute approximate surface area is 144 Å². The van der Waals surface area contributed by atoms with Crippen LogP contribution in [-0.4, -0.2) is 35.5 Å². The van der Waals surface area contributed by atoms with Gasteiger partial charge in [0, 0.05) is 29.7 Å². The molecular formula is C17H19ClN2O4. The van der Waals surface area contributed by atoms with Crippen molar-refractivity contribution in [3.8, 4) is 0 Å². The van der Waals surface area contributed by atoms with Crippen molar-refractivity contribution in [3.05, 3.63) is 29.3 Å². The van der Waals surface area contributed by atoms with E-state index in [1.807, 2.05) is 0 Å². The van der Waals surface area contributed by atoms with Crippen LogP contribution in [0.5, 0.6) is 0 Å². The lowest BCUT2D eigenvalue weighted by Gasteiger charge is -2.20. The Morgan fingerprint density at radius 3 is 2.58 bits per heavy atom. The number of anilines is 1. The molecule has 6 nitrogen and oxygen atoms in total. The van der Waals surface area contributed by atoms with E-state index >= 15 is 0 Å². The van der Waals surface area contributed by atoms with Crippen LogP contribution in [0.3, 0.4) is 0 Å². The van der Waals surface area contributed by atoms with Gasteiger partial charge in [0.25, 0.3) is 0 Å². The molecule has 2 amide bonds. The van der Waals surface area contributed by atoms with Gasteiger partial charge in [-0.2, -0.15) is 0 Å². The maximum absolute atomic E-state index is 12.4. The van der Waals surface area contributed by atoms with Crippen molar-refractivity contribution in [1.82, 2.24) is 5.32 Å². The van der Waals surface area contributed by atoms with E-state index in [2.05, 4.69) is 5.32 Å². The summed E-state index contributed by atoms with van der Waals surface area (Å²) in [6, 6.07) is 6.56. The summed E-state index contributed by atoms with van der Waals surface area (Å²) in [6.45, 7) is 0.302. The minimum absolute atomic E-state index is 0.112. The fourth-order valence-corrected chi connectivity index (χ4v) is 3.61. The quantitative estimate of drug-likeness (QED) is 0.870. The first kappa shape index (κ1) is 16.8. The number of carboxylic acids is 1. The van der Waals surface area contributed by atoms with Crippen LogP contribution in [0.4, 0.5) is 5.69 Å². The lowest BCUT2D eigenvalue weighted by atomic mass is 10.0. The monoisotopic (exact) mass is 350 g/mol. The van der Waals surface area contributed by atoms with E-state index in [1.165, 1.54) is 0 Å².